The molecule has 3 N–H and O–H groups in total. The molecule has 1 rings (SSSR count). The highest BCUT2D eigenvalue weighted by Crippen LogP contribution is 2.28. The lowest BCUT2D eigenvalue weighted by molar-refractivity contribution is 0.455. The third-order valence-electron chi connectivity index (χ3n) is 2.24. The van der Waals surface area contributed by atoms with Gasteiger partial charge in [0.05, 0.1) is 12.5 Å². The van der Waals surface area contributed by atoms with E-state index >= 15 is 0 Å². The first-order chi connectivity index (χ1) is 6.70. The first kappa shape index (κ1) is 10.6. The largest absolute Gasteiger partial charge is 0.507 e. The molecular formula is C11H14N2O. The normalized spacial score (nSPS) is 12.1. The summed E-state index contributed by atoms with van der Waals surface area (Å²) in [5, 5.41) is 18.3. The standard InChI is InChI=1S/C11H14N2O/c1-2-8-4-3-5-9(11(8)14)10(13)6-7-12/h3-5,10,14H,2,6,13H2,1H3/t10-/m1/s1. The lowest BCUT2D eigenvalue weighted by atomic mass is 10.00. The Balaban J connectivity index is 3.04. The van der Waals surface area contributed by atoms with E-state index in [0.717, 1.165) is 12.0 Å². The van der Waals surface area contributed by atoms with Gasteiger partial charge >= 0.3 is 0 Å². The van der Waals surface area contributed by atoms with Gasteiger partial charge in [-0.3, -0.25) is 0 Å². The predicted molar refractivity (Wildman–Crippen MR) is 54.6 cm³/mol. The van der Waals surface area contributed by atoms with Crippen molar-refractivity contribution in [2.24, 2.45) is 5.73 Å². The molecule has 14 heavy (non-hydrogen) atoms. The third kappa shape index (κ3) is 2.04. The van der Waals surface area contributed by atoms with Crippen LogP contribution in [0.4, 0.5) is 0 Å². The fourth-order valence-electron chi connectivity index (χ4n) is 1.40. The molecule has 0 aromatic heterocycles. The highest BCUT2D eigenvalue weighted by molar-refractivity contribution is 5.42. The van der Waals surface area contributed by atoms with Gasteiger partial charge in [0.1, 0.15) is 5.75 Å². The second-order valence-corrected chi connectivity index (χ2v) is 3.18. The van der Waals surface area contributed by atoms with Crippen LogP contribution in [-0.4, -0.2) is 5.11 Å². The fourth-order valence-corrected chi connectivity index (χ4v) is 1.40. The lowest BCUT2D eigenvalue weighted by Crippen LogP contribution is -2.09. The molecule has 1 atom stereocenters. The Kier molecular flexibility index (Phi) is 3.49. The summed E-state index contributed by atoms with van der Waals surface area (Å²) in [6, 6.07) is 7.07. The van der Waals surface area contributed by atoms with E-state index in [1.807, 2.05) is 25.1 Å². The minimum Gasteiger partial charge on any atom is -0.507 e. The summed E-state index contributed by atoms with van der Waals surface area (Å²) in [6.45, 7) is 1.97. The minimum atomic E-state index is -0.397. The van der Waals surface area contributed by atoms with Gasteiger partial charge < -0.3 is 10.8 Å². The maximum Gasteiger partial charge on any atom is 0.123 e. The average Bonchev–Trinajstić information content (AvgIpc) is 2.18. The lowest BCUT2D eigenvalue weighted by Gasteiger charge is -2.12. The number of aromatic hydroxyl groups is 1. The number of aryl methyl sites for hydroxylation is 1. The van der Waals surface area contributed by atoms with E-state index in [-0.39, 0.29) is 12.2 Å². The molecular weight excluding hydrogens is 176 g/mol. The number of nitriles is 1. The Morgan fingerprint density at radius 2 is 2.29 bits per heavy atom. The van der Waals surface area contributed by atoms with Gasteiger partial charge in [-0.05, 0) is 12.0 Å². The molecule has 0 heterocycles. The maximum atomic E-state index is 9.80. The van der Waals surface area contributed by atoms with Crippen LogP contribution in [0.3, 0.4) is 0 Å². The number of benzene rings is 1. The molecule has 0 aliphatic rings. The number of hydrogen-bond donors (Lipinski definition) is 2. The number of nitrogens with zero attached hydrogens (tertiary/aromatic N) is 1. The van der Waals surface area contributed by atoms with Crippen molar-refractivity contribution in [2.75, 3.05) is 0 Å². The highest BCUT2D eigenvalue weighted by atomic mass is 16.3. The molecule has 3 nitrogen and oxygen atoms in total. The third-order valence-corrected chi connectivity index (χ3v) is 2.24. The Labute approximate surface area is 83.8 Å². The van der Waals surface area contributed by atoms with Gasteiger partial charge in [-0.2, -0.15) is 5.26 Å². The van der Waals surface area contributed by atoms with Crippen molar-refractivity contribution in [2.45, 2.75) is 25.8 Å². The minimum absolute atomic E-state index is 0.223. The van der Waals surface area contributed by atoms with Gasteiger partial charge in [-0.25, -0.2) is 0 Å². The highest BCUT2D eigenvalue weighted by Gasteiger charge is 2.12. The van der Waals surface area contributed by atoms with Gasteiger partial charge in [0.15, 0.2) is 0 Å². The molecule has 0 saturated heterocycles. The second-order valence-electron chi connectivity index (χ2n) is 3.18. The van der Waals surface area contributed by atoms with E-state index < -0.39 is 6.04 Å². The molecule has 1 aromatic carbocycles. The molecule has 1 aromatic rings. The van der Waals surface area contributed by atoms with Crippen LogP contribution >= 0.6 is 0 Å². The summed E-state index contributed by atoms with van der Waals surface area (Å²) in [4.78, 5) is 0. The monoisotopic (exact) mass is 190 g/mol. The van der Waals surface area contributed by atoms with Crippen LogP contribution in [0.15, 0.2) is 18.2 Å². The van der Waals surface area contributed by atoms with Crippen molar-refractivity contribution >= 4 is 0 Å². The Morgan fingerprint density at radius 1 is 1.57 bits per heavy atom. The van der Waals surface area contributed by atoms with Crippen molar-refractivity contribution < 1.29 is 5.11 Å². The zero-order valence-electron chi connectivity index (χ0n) is 8.20. The average molecular weight is 190 g/mol. The van der Waals surface area contributed by atoms with Crippen LogP contribution < -0.4 is 5.73 Å². The number of hydrogen-bond acceptors (Lipinski definition) is 3. The molecule has 0 saturated carbocycles. The van der Waals surface area contributed by atoms with Crippen molar-refractivity contribution in [1.29, 1.82) is 5.26 Å². The van der Waals surface area contributed by atoms with Crippen LogP contribution in [0.1, 0.15) is 30.5 Å². The number of nitrogens with two attached hydrogens (primary N) is 1. The van der Waals surface area contributed by atoms with Crippen LogP contribution in [0, 0.1) is 11.3 Å². The first-order valence-electron chi connectivity index (χ1n) is 4.64. The van der Waals surface area contributed by atoms with Gasteiger partial charge in [0, 0.05) is 11.6 Å². The number of phenolic OH excluding ortho intramolecular Hbond substituents is 1. The Hall–Kier alpha value is -1.53. The summed E-state index contributed by atoms with van der Waals surface area (Å²) in [6.07, 6.45) is 0.986. The molecule has 0 aliphatic carbocycles. The summed E-state index contributed by atoms with van der Waals surface area (Å²) >= 11 is 0. The first-order valence-corrected chi connectivity index (χ1v) is 4.64. The molecule has 0 unspecified atom stereocenters. The Morgan fingerprint density at radius 3 is 2.86 bits per heavy atom. The molecule has 0 fully saturated rings. The van der Waals surface area contributed by atoms with E-state index in [4.69, 9.17) is 11.0 Å². The van der Waals surface area contributed by atoms with E-state index in [0.29, 0.717) is 5.56 Å². The molecule has 0 radical (unpaired) electrons. The smallest absolute Gasteiger partial charge is 0.123 e. The Bertz CT molecular complexity index is 355. The van der Waals surface area contributed by atoms with Crippen LogP contribution in [0.5, 0.6) is 5.75 Å². The summed E-state index contributed by atoms with van der Waals surface area (Å²) in [7, 11) is 0. The maximum absolute atomic E-state index is 9.80. The number of para-hydroxylation sites is 1. The van der Waals surface area contributed by atoms with Gasteiger partial charge in [-0.1, -0.05) is 25.1 Å². The molecule has 0 bridgehead atoms. The SMILES string of the molecule is CCc1cccc([C@H](N)CC#N)c1O. The van der Waals surface area contributed by atoms with Gasteiger partial charge in [0.2, 0.25) is 0 Å². The molecule has 0 aliphatic heterocycles. The van der Waals surface area contributed by atoms with E-state index in [1.54, 1.807) is 6.07 Å². The van der Waals surface area contributed by atoms with Crippen molar-refractivity contribution in [1.82, 2.24) is 0 Å². The van der Waals surface area contributed by atoms with Crippen molar-refractivity contribution in [3.8, 4) is 11.8 Å². The number of rotatable bonds is 3. The summed E-state index contributed by atoms with van der Waals surface area (Å²) in [5.74, 6) is 0.234. The molecule has 0 spiro atoms. The van der Waals surface area contributed by atoms with Crippen molar-refractivity contribution in [3.63, 3.8) is 0 Å². The summed E-state index contributed by atoms with van der Waals surface area (Å²) < 4.78 is 0. The summed E-state index contributed by atoms with van der Waals surface area (Å²) in [5.41, 5.74) is 7.28. The zero-order valence-corrected chi connectivity index (χ0v) is 8.20. The van der Waals surface area contributed by atoms with Crippen LogP contribution in [0.2, 0.25) is 0 Å². The van der Waals surface area contributed by atoms with Gasteiger partial charge in [0.25, 0.3) is 0 Å². The molecule has 0 amide bonds. The quantitative estimate of drug-likeness (QED) is 0.764. The van der Waals surface area contributed by atoms with E-state index in [2.05, 4.69) is 0 Å². The van der Waals surface area contributed by atoms with Crippen LogP contribution in [0.25, 0.3) is 0 Å². The molecule has 74 valence electrons. The molecule has 3 heteroatoms. The fraction of sp³-hybridized carbons (Fsp3) is 0.364. The zero-order chi connectivity index (χ0) is 10.6. The van der Waals surface area contributed by atoms with E-state index in [9.17, 15) is 5.11 Å². The number of phenols is 1. The second kappa shape index (κ2) is 4.64. The topological polar surface area (TPSA) is 70.0 Å². The van der Waals surface area contributed by atoms with Crippen molar-refractivity contribution in [3.05, 3.63) is 29.3 Å². The predicted octanol–water partition coefficient (Wildman–Crippen LogP) is 1.87. The van der Waals surface area contributed by atoms with E-state index in [1.165, 1.54) is 0 Å². The van der Waals surface area contributed by atoms with Gasteiger partial charge in [-0.15, -0.1) is 0 Å². The van der Waals surface area contributed by atoms with Crippen LogP contribution in [-0.2, 0) is 6.42 Å².